The molecule has 3 rings (SSSR count). The number of thioether (sulfide) groups is 1. The second-order valence-corrected chi connectivity index (χ2v) is 7.75. The van der Waals surface area contributed by atoms with Gasteiger partial charge in [0.05, 0.1) is 17.0 Å². The first-order valence-electron chi connectivity index (χ1n) is 9.03. The van der Waals surface area contributed by atoms with Gasteiger partial charge in [0.25, 0.3) is 0 Å². The van der Waals surface area contributed by atoms with Crippen molar-refractivity contribution in [2.24, 2.45) is 0 Å². The van der Waals surface area contributed by atoms with Crippen LogP contribution in [0.5, 0.6) is 0 Å². The highest BCUT2D eigenvalue weighted by Gasteiger charge is 2.21. The van der Waals surface area contributed by atoms with E-state index in [1.807, 2.05) is 25.3 Å². The number of benzene rings is 1. The first kappa shape index (κ1) is 20.6. The minimum atomic E-state index is -0.396. The Morgan fingerprint density at radius 2 is 2.14 bits per heavy atom. The van der Waals surface area contributed by atoms with Crippen molar-refractivity contribution in [3.63, 3.8) is 0 Å². The van der Waals surface area contributed by atoms with Crippen molar-refractivity contribution < 1.29 is 9.18 Å². The van der Waals surface area contributed by atoms with Crippen LogP contribution in [0.25, 0.3) is 5.69 Å². The molecule has 0 aliphatic carbocycles. The summed E-state index contributed by atoms with van der Waals surface area (Å²) in [5.74, 6) is -0.250. The van der Waals surface area contributed by atoms with Crippen LogP contribution in [0.2, 0.25) is 0 Å². The van der Waals surface area contributed by atoms with Crippen LogP contribution in [0, 0.1) is 31.0 Å². The van der Waals surface area contributed by atoms with Gasteiger partial charge in [0, 0.05) is 11.7 Å². The van der Waals surface area contributed by atoms with Crippen LogP contribution < -0.4 is 5.32 Å². The summed E-state index contributed by atoms with van der Waals surface area (Å²) >= 11 is 1.26. The molecule has 1 amide bonds. The number of halogens is 1. The summed E-state index contributed by atoms with van der Waals surface area (Å²) in [6.07, 6.45) is 1.63. The van der Waals surface area contributed by atoms with Gasteiger partial charge in [0.1, 0.15) is 24.0 Å². The number of nitriles is 1. The van der Waals surface area contributed by atoms with Gasteiger partial charge < -0.3 is 9.88 Å². The lowest BCUT2D eigenvalue weighted by molar-refractivity contribution is -0.113. The lowest BCUT2D eigenvalue weighted by Crippen LogP contribution is -2.18. The Morgan fingerprint density at radius 1 is 1.38 bits per heavy atom. The number of hydrogen-bond acceptors (Lipinski definition) is 5. The van der Waals surface area contributed by atoms with E-state index in [-0.39, 0.29) is 17.7 Å². The van der Waals surface area contributed by atoms with Gasteiger partial charge in [-0.3, -0.25) is 9.36 Å². The molecule has 150 valence electrons. The van der Waals surface area contributed by atoms with Gasteiger partial charge in [0.15, 0.2) is 5.16 Å². The Morgan fingerprint density at radius 3 is 2.79 bits per heavy atom. The Kier molecular flexibility index (Phi) is 6.03. The summed E-state index contributed by atoms with van der Waals surface area (Å²) in [7, 11) is 0. The zero-order valence-electron chi connectivity index (χ0n) is 16.6. The van der Waals surface area contributed by atoms with Crippen molar-refractivity contribution in [2.45, 2.75) is 38.9 Å². The molecule has 2 aromatic heterocycles. The number of aromatic nitrogens is 4. The van der Waals surface area contributed by atoms with E-state index >= 15 is 0 Å². The van der Waals surface area contributed by atoms with Crippen molar-refractivity contribution in [3.8, 4) is 11.8 Å². The molecule has 1 N–H and O–H groups in total. The average molecular weight is 412 g/mol. The number of nitrogens with one attached hydrogen (secondary N) is 1. The predicted octanol–water partition coefficient (Wildman–Crippen LogP) is 4.01. The van der Waals surface area contributed by atoms with Crippen LogP contribution in [-0.2, 0) is 4.79 Å². The van der Waals surface area contributed by atoms with E-state index in [9.17, 15) is 14.4 Å². The second kappa shape index (κ2) is 8.49. The molecule has 0 bridgehead atoms. The van der Waals surface area contributed by atoms with E-state index in [1.165, 1.54) is 23.9 Å². The third-order valence-corrected chi connectivity index (χ3v) is 5.54. The van der Waals surface area contributed by atoms with Crippen LogP contribution in [0.4, 0.5) is 10.2 Å². The van der Waals surface area contributed by atoms with Gasteiger partial charge in [-0.15, -0.1) is 10.2 Å². The summed E-state index contributed by atoms with van der Waals surface area (Å²) in [6, 6.07) is 8.35. The zero-order valence-corrected chi connectivity index (χ0v) is 17.4. The topological polar surface area (TPSA) is 88.5 Å². The first-order valence-corrected chi connectivity index (χ1v) is 10.0. The van der Waals surface area contributed by atoms with Gasteiger partial charge in [0.2, 0.25) is 5.91 Å². The molecule has 0 atom stereocenters. The fourth-order valence-corrected chi connectivity index (χ4v) is 3.83. The van der Waals surface area contributed by atoms with Crippen LogP contribution in [0.1, 0.15) is 36.7 Å². The van der Waals surface area contributed by atoms with Gasteiger partial charge >= 0.3 is 0 Å². The summed E-state index contributed by atoms with van der Waals surface area (Å²) in [6.45, 7) is 7.64. The Hall–Kier alpha value is -3.12. The maximum absolute atomic E-state index is 13.8. The quantitative estimate of drug-likeness (QED) is 0.618. The standard InChI is InChI=1S/C20H21FN6OS/c1-12(2)26-11-23-25-20(26)29-10-18(28)24-19-17(9-22)13(3)14(4)27(19)16-7-5-6-15(21)8-16/h5-8,11-12H,10H2,1-4H3,(H,24,28). The first-order chi connectivity index (χ1) is 13.8. The summed E-state index contributed by atoms with van der Waals surface area (Å²) < 4.78 is 17.3. The third-order valence-electron chi connectivity index (χ3n) is 4.58. The molecule has 0 saturated carbocycles. The van der Waals surface area contributed by atoms with Crippen LogP contribution in [-0.4, -0.2) is 31.0 Å². The molecular weight excluding hydrogens is 391 g/mol. The van der Waals surface area contributed by atoms with Crippen LogP contribution in [0.3, 0.4) is 0 Å². The predicted molar refractivity (Wildman–Crippen MR) is 110 cm³/mol. The summed E-state index contributed by atoms with van der Waals surface area (Å²) in [4.78, 5) is 12.6. The molecule has 0 unspecified atom stereocenters. The van der Waals surface area contributed by atoms with E-state index in [0.717, 1.165) is 11.3 Å². The largest absolute Gasteiger partial charge is 0.310 e. The highest BCUT2D eigenvalue weighted by molar-refractivity contribution is 7.99. The molecule has 1 aromatic carbocycles. The van der Waals surface area contributed by atoms with Gasteiger partial charge in [-0.25, -0.2) is 4.39 Å². The number of anilines is 1. The molecule has 0 fully saturated rings. The molecule has 0 radical (unpaired) electrons. The van der Waals surface area contributed by atoms with Crippen LogP contribution >= 0.6 is 11.8 Å². The Balaban J connectivity index is 1.88. The molecule has 3 aromatic rings. The number of carbonyl (C=O) groups excluding carboxylic acids is 1. The lowest BCUT2D eigenvalue weighted by Gasteiger charge is -2.13. The van der Waals surface area contributed by atoms with E-state index in [2.05, 4.69) is 21.6 Å². The molecular formula is C20H21FN6OS. The molecule has 9 heteroatoms. The van der Waals surface area contributed by atoms with E-state index in [0.29, 0.717) is 22.2 Å². The molecule has 0 aliphatic rings. The maximum Gasteiger partial charge on any atom is 0.236 e. The lowest BCUT2D eigenvalue weighted by atomic mass is 10.2. The number of carbonyl (C=O) groups is 1. The van der Waals surface area contributed by atoms with Crippen molar-refractivity contribution in [1.29, 1.82) is 5.26 Å². The molecule has 0 saturated heterocycles. The molecule has 2 heterocycles. The number of rotatable bonds is 6. The smallest absolute Gasteiger partial charge is 0.236 e. The van der Waals surface area contributed by atoms with Crippen LogP contribution in [0.15, 0.2) is 35.7 Å². The van der Waals surface area contributed by atoms with Crippen molar-refractivity contribution in [2.75, 3.05) is 11.1 Å². The molecule has 0 aliphatic heterocycles. The van der Waals surface area contributed by atoms with Gasteiger partial charge in [-0.1, -0.05) is 17.8 Å². The highest BCUT2D eigenvalue weighted by Crippen LogP contribution is 2.30. The van der Waals surface area contributed by atoms with Crippen molar-refractivity contribution in [1.82, 2.24) is 19.3 Å². The molecule has 0 spiro atoms. The normalized spacial score (nSPS) is 10.9. The van der Waals surface area contributed by atoms with E-state index < -0.39 is 5.82 Å². The van der Waals surface area contributed by atoms with Gasteiger partial charge in [-0.2, -0.15) is 5.26 Å². The maximum atomic E-state index is 13.8. The summed E-state index contributed by atoms with van der Waals surface area (Å²) in [5.41, 5.74) is 2.39. The third kappa shape index (κ3) is 4.17. The van der Waals surface area contributed by atoms with Crippen molar-refractivity contribution >= 4 is 23.5 Å². The second-order valence-electron chi connectivity index (χ2n) is 6.81. The number of hydrogen-bond donors (Lipinski definition) is 1. The minimum Gasteiger partial charge on any atom is -0.310 e. The fraction of sp³-hybridized carbons (Fsp3) is 0.300. The van der Waals surface area contributed by atoms with E-state index in [4.69, 9.17) is 0 Å². The SMILES string of the molecule is Cc1c(C#N)c(NC(=O)CSc2nncn2C(C)C)n(-c2cccc(F)c2)c1C. The summed E-state index contributed by atoms with van der Waals surface area (Å²) in [5, 5.41) is 21.0. The van der Waals surface area contributed by atoms with E-state index in [1.54, 1.807) is 30.0 Å². The van der Waals surface area contributed by atoms with Crippen molar-refractivity contribution in [3.05, 3.63) is 53.2 Å². The zero-order chi connectivity index (χ0) is 21.1. The van der Waals surface area contributed by atoms with Gasteiger partial charge in [-0.05, 0) is 51.5 Å². The Bertz CT molecular complexity index is 1100. The Labute approximate surface area is 172 Å². The number of amides is 1. The molecule has 29 heavy (non-hydrogen) atoms. The monoisotopic (exact) mass is 412 g/mol. The average Bonchev–Trinajstić information content (AvgIpc) is 3.23. The highest BCUT2D eigenvalue weighted by atomic mass is 32.2. The fourth-order valence-electron chi connectivity index (χ4n) is 2.99. The number of nitrogens with zero attached hydrogens (tertiary/aromatic N) is 5. The molecule has 7 nitrogen and oxygen atoms in total. The minimum absolute atomic E-state index is 0.0999.